The third-order valence-electron chi connectivity index (χ3n) is 1.74. The van der Waals surface area contributed by atoms with E-state index in [0.717, 1.165) is 0 Å². The lowest BCUT2D eigenvalue weighted by Gasteiger charge is -1.97. The fourth-order valence-electron chi connectivity index (χ4n) is 1.20. The van der Waals surface area contributed by atoms with E-state index in [1.807, 2.05) is 0 Å². The molecule has 1 aromatic carbocycles. The van der Waals surface area contributed by atoms with Gasteiger partial charge < -0.3 is 4.98 Å². The van der Waals surface area contributed by atoms with E-state index < -0.39 is 11.2 Å². The molecule has 0 amide bonds. The average molecular weight is 194 g/mol. The van der Waals surface area contributed by atoms with Crippen molar-refractivity contribution in [1.82, 2.24) is 9.97 Å². The van der Waals surface area contributed by atoms with E-state index in [-0.39, 0.29) is 0 Å². The van der Waals surface area contributed by atoms with Gasteiger partial charge in [0.1, 0.15) is 0 Å². The fourth-order valence-corrected chi connectivity index (χ4v) is 1.51. The highest BCUT2D eigenvalue weighted by molar-refractivity contribution is 7.80. The Balaban J connectivity index is 3.12. The molecule has 2 rings (SSSR count). The molecule has 0 saturated heterocycles. The molecule has 0 unspecified atom stereocenters. The maximum absolute atomic E-state index is 11.3. The minimum Gasteiger partial charge on any atom is -0.307 e. The molecule has 5 heteroatoms. The van der Waals surface area contributed by atoms with Crippen LogP contribution in [0.1, 0.15) is 0 Å². The van der Waals surface area contributed by atoms with Gasteiger partial charge in [0.15, 0.2) is 0 Å². The molecule has 0 aliphatic heterocycles. The first-order valence-electron chi connectivity index (χ1n) is 3.63. The molecule has 0 aliphatic rings. The molecular formula is C8H6N2O2S. The zero-order valence-corrected chi connectivity index (χ0v) is 7.39. The minimum absolute atomic E-state index is 0.408. The largest absolute Gasteiger partial charge is 0.326 e. The standard InChI is InChI=1S/C8H6N2O2S/c11-7-6-4(9-8(12)10-7)2-1-3-5(6)13/h1-3,13H,(H2,9,10,11,12). The number of aromatic amines is 2. The molecule has 0 bridgehead atoms. The van der Waals surface area contributed by atoms with Crippen LogP contribution in [0.25, 0.3) is 10.9 Å². The third-order valence-corrected chi connectivity index (χ3v) is 2.12. The first kappa shape index (κ1) is 8.12. The van der Waals surface area contributed by atoms with Gasteiger partial charge in [-0.1, -0.05) is 6.07 Å². The number of benzene rings is 1. The summed E-state index contributed by atoms with van der Waals surface area (Å²) in [5, 5.41) is 0.408. The van der Waals surface area contributed by atoms with Crippen molar-refractivity contribution in [2.45, 2.75) is 4.90 Å². The van der Waals surface area contributed by atoms with Gasteiger partial charge in [-0.05, 0) is 12.1 Å². The third kappa shape index (κ3) is 1.27. The van der Waals surface area contributed by atoms with Crippen LogP contribution in [-0.4, -0.2) is 9.97 Å². The maximum atomic E-state index is 11.3. The average Bonchev–Trinajstić information content (AvgIpc) is 2.02. The second-order valence-corrected chi connectivity index (χ2v) is 3.09. The Morgan fingerprint density at radius 2 is 1.92 bits per heavy atom. The highest BCUT2D eigenvalue weighted by Crippen LogP contribution is 2.14. The Bertz CT molecular complexity index is 570. The summed E-state index contributed by atoms with van der Waals surface area (Å²) in [7, 11) is 0. The summed E-state index contributed by atoms with van der Waals surface area (Å²) in [5.41, 5.74) is -0.415. The van der Waals surface area contributed by atoms with E-state index in [2.05, 4.69) is 22.6 Å². The van der Waals surface area contributed by atoms with Crippen LogP contribution >= 0.6 is 12.6 Å². The quantitative estimate of drug-likeness (QED) is 0.535. The fraction of sp³-hybridized carbons (Fsp3) is 0. The Labute approximate surface area is 78.0 Å². The molecule has 0 spiro atoms. The summed E-state index contributed by atoms with van der Waals surface area (Å²) in [6, 6.07) is 5.07. The monoisotopic (exact) mass is 194 g/mol. The molecule has 1 aromatic heterocycles. The molecule has 0 aliphatic carbocycles. The lowest BCUT2D eigenvalue weighted by Crippen LogP contribution is -2.22. The van der Waals surface area contributed by atoms with Crippen molar-refractivity contribution in [2.75, 3.05) is 0 Å². The predicted molar refractivity (Wildman–Crippen MR) is 52.4 cm³/mol. The predicted octanol–water partition coefficient (Wildman–Crippen LogP) is 0.505. The van der Waals surface area contributed by atoms with Crippen molar-refractivity contribution in [3.05, 3.63) is 39.0 Å². The second kappa shape index (κ2) is 2.77. The highest BCUT2D eigenvalue weighted by atomic mass is 32.1. The normalized spacial score (nSPS) is 10.5. The van der Waals surface area contributed by atoms with Gasteiger partial charge in [-0.2, -0.15) is 0 Å². The SMILES string of the molecule is O=c1[nH]c(=O)c2c(S)cccc2[nH]1. The van der Waals surface area contributed by atoms with Crippen molar-refractivity contribution in [2.24, 2.45) is 0 Å². The van der Waals surface area contributed by atoms with Crippen LogP contribution in [0.5, 0.6) is 0 Å². The first-order valence-corrected chi connectivity index (χ1v) is 4.07. The number of fused-ring (bicyclic) bond motifs is 1. The minimum atomic E-state index is -0.503. The summed E-state index contributed by atoms with van der Waals surface area (Å²) in [6.07, 6.45) is 0. The molecular weight excluding hydrogens is 188 g/mol. The van der Waals surface area contributed by atoms with Crippen molar-refractivity contribution in [1.29, 1.82) is 0 Å². The summed E-state index contributed by atoms with van der Waals surface area (Å²) in [6.45, 7) is 0. The van der Waals surface area contributed by atoms with Crippen LogP contribution in [0.2, 0.25) is 0 Å². The first-order chi connectivity index (χ1) is 6.18. The Kier molecular flexibility index (Phi) is 1.73. The van der Waals surface area contributed by atoms with E-state index in [9.17, 15) is 9.59 Å². The molecule has 66 valence electrons. The lowest BCUT2D eigenvalue weighted by atomic mass is 10.2. The number of thiol groups is 1. The smallest absolute Gasteiger partial charge is 0.307 e. The Hall–Kier alpha value is -1.49. The number of aromatic nitrogens is 2. The second-order valence-electron chi connectivity index (χ2n) is 2.61. The van der Waals surface area contributed by atoms with E-state index in [0.29, 0.717) is 15.8 Å². The number of H-pyrrole nitrogens is 2. The summed E-state index contributed by atoms with van der Waals surface area (Å²) < 4.78 is 0. The van der Waals surface area contributed by atoms with Crippen LogP contribution in [-0.2, 0) is 0 Å². The molecule has 0 atom stereocenters. The lowest BCUT2D eigenvalue weighted by molar-refractivity contribution is 1.07. The molecule has 0 radical (unpaired) electrons. The van der Waals surface area contributed by atoms with Gasteiger partial charge in [-0.25, -0.2) is 4.79 Å². The van der Waals surface area contributed by atoms with Crippen molar-refractivity contribution in [3.8, 4) is 0 Å². The van der Waals surface area contributed by atoms with E-state index in [4.69, 9.17) is 0 Å². The van der Waals surface area contributed by atoms with Crippen molar-refractivity contribution >= 4 is 23.5 Å². The van der Waals surface area contributed by atoms with E-state index in [1.54, 1.807) is 18.2 Å². The number of hydrogen-bond acceptors (Lipinski definition) is 3. The molecule has 13 heavy (non-hydrogen) atoms. The zero-order valence-electron chi connectivity index (χ0n) is 6.50. The van der Waals surface area contributed by atoms with Crippen LogP contribution in [0, 0.1) is 0 Å². The van der Waals surface area contributed by atoms with Gasteiger partial charge in [0, 0.05) is 4.90 Å². The molecule has 1 heterocycles. The van der Waals surface area contributed by atoms with Gasteiger partial charge in [-0.3, -0.25) is 9.78 Å². The van der Waals surface area contributed by atoms with Crippen molar-refractivity contribution < 1.29 is 0 Å². The summed E-state index contributed by atoms with van der Waals surface area (Å²) in [4.78, 5) is 27.4. The van der Waals surface area contributed by atoms with Crippen LogP contribution in [0.3, 0.4) is 0 Å². The Morgan fingerprint density at radius 1 is 1.15 bits per heavy atom. The van der Waals surface area contributed by atoms with Crippen molar-refractivity contribution in [3.63, 3.8) is 0 Å². The molecule has 0 saturated carbocycles. The van der Waals surface area contributed by atoms with Crippen LogP contribution < -0.4 is 11.2 Å². The molecule has 0 fully saturated rings. The number of rotatable bonds is 0. The van der Waals surface area contributed by atoms with Gasteiger partial charge in [0.05, 0.1) is 10.9 Å². The Morgan fingerprint density at radius 3 is 2.69 bits per heavy atom. The molecule has 2 N–H and O–H groups in total. The summed E-state index contributed by atoms with van der Waals surface area (Å²) >= 11 is 4.11. The maximum Gasteiger partial charge on any atom is 0.326 e. The van der Waals surface area contributed by atoms with Crippen LogP contribution in [0.15, 0.2) is 32.7 Å². The van der Waals surface area contributed by atoms with E-state index in [1.165, 1.54) is 0 Å². The van der Waals surface area contributed by atoms with Gasteiger partial charge in [0.25, 0.3) is 5.56 Å². The highest BCUT2D eigenvalue weighted by Gasteiger charge is 2.02. The topological polar surface area (TPSA) is 65.7 Å². The van der Waals surface area contributed by atoms with Gasteiger partial charge >= 0.3 is 5.69 Å². The number of nitrogens with one attached hydrogen (secondary N) is 2. The van der Waals surface area contributed by atoms with Gasteiger partial charge in [-0.15, -0.1) is 12.6 Å². The molecule has 4 nitrogen and oxygen atoms in total. The number of hydrogen-bond donors (Lipinski definition) is 3. The zero-order chi connectivity index (χ0) is 9.42. The van der Waals surface area contributed by atoms with E-state index >= 15 is 0 Å². The molecule has 2 aromatic rings. The van der Waals surface area contributed by atoms with Gasteiger partial charge in [0.2, 0.25) is 0 Å². The summed E-state index contributed by atoms with van der Waals surface area (Å²) in [5.74, 6) is 0. The van der Waals surface area contributed by atoms with Crippen LogP contribution in [0.4, 0.5) is 0 Å².